The minimum absolute atomic E-state index is 0.0575. The Morgan fingerprint density at radius 3 is 2.56 bits per heavy atom. The van der Waals surface area contributed by atoms with Crippen LogP contribution >= 0.6 is 0 Å². The number of nitrogens with zero attached hydrogens (tertiary/aromatic N) is 3. The first-order valence-electron chi connectivity index (χ1n) is 12.9. The molecule has 3 aromatic carbocycles. The Morgan fingerprint density at radius 2 is 1.80 bits per heavy atom. The maximum Gasteiger partial charge on any atom is 0.416 e. The van der Waals surface area contributed by atoms with Gasteiger partial charge in [0.15, 0.2) is 0 Å². The molecule has 1 fully saturated rings. The number of nitrogens with one attached hydrogen (secondary N) is 3. The van der Waals surface area contributed by atoms with Crippen LogP contribution in [0.1, 0.15) is 28.4 Å². The standard InChI is InChI=1S/C29H27F3N6O3/c1-18(39)36-26-15-27(35-17-34-26)41-22-7-8-23-19(13-22)3-2-4-24(23)28(40)37-21-6-5-20(25(14-21)29(30,31)32)16-38-11-9-33-10-12-38/h2-8,13-15,17,33H,9-12,16H2,1H3,(H,37,40)(H,34,35,36,39). The van der Waals surface area contributed by atoms with Gasteiger partial charge in [-0.25, -0.2) is 9.97 Å². The number of benzene rings is 3. The second kappa shape index (κ2) is 11.9. The van der Waals surface area contributed by atoms with Crippen molar-refractivity contribution in [2.75, 3.05) is 36.8 Å². The highest BCUT2D eigenvalue weighted by atomic mass is 19.4. The van der Waals surface area contributed by atoms with Gasteiger partial charge in [-0.15, -0.1) is 0 Å². The first-order chi connectivity index (χ1) is 19.7. The molecule has 1 aliphatic rings. The Bertz CT molecular complexity index is 1590. The number of carbonyl (C=O) groups is 2. The van der Waals surface area contributed by atoms with Crippen LogP contribution < -0.4 is 20.7 Å². The lowest BCUT2D eigenvalue weighted by molar-refractivity contribution is -0.138. The van der Waals surface area contributed by atoms with Gasteiger partial charge in [0.25, 0.3) is 5.91 Å². The van der Waals surface area contributed by atoms with E-state index in [9.17, 15) is 22.8 Å². The van der Waals surface area contributed by atoms with Crippen molar-refractivity contribution < 1.29 is 27.5 Å². The number of ether oxygens (including phenoxy) is 1. The summed E-state index contributed by atoms with van der Waals surface area (Å²) in [6.45, 7) is 4.34. The molecule has 0 radical (unpaired) electrons. The smallest absolute Gasteiger partial charge is 0.416 e. The summed E-state index contributed by atoms with van der Waals surface area (Å²) in [6.07, 6.45) is -3.31. The Hall–Kier alpha value is -4.55. The summed E-state index contributed by atoms with van der Waals surface area (Å²) in [5, 5.41) is 9.63. The van der Waals surface area contributed by atoms with E-state index in [1.54, 1.807) is 36.4 Å². The minimum atomic E-state index is -4.56. The van der Waals surface area contributed by atoms with Crippen LogP contribution in [0.5, 0.6) is 11.6 Å². The average Bonchev–Trinajstić information content (AvgIpc) is 2.93. The molecule has 0 atom stereocenters. The Labute approximate surface area is 233 Å². The molecule has 4 aromatic rings. The number of halogens is 3. The molecule has 1 aromatic heterocycles. The zero-order chi connectivity index (χ0) is 29.0. The van der Waals surface area contributed by atoms with Crippen LogP contribution in [0.25, 0.3) is 10.8 Å². The topological polar surface area (TPSA) is 108 Å². The lowest BCUT2D eigenvalue weighted by Crippen LogP contribution is -2.43. The van der Waals surface area contributed by atoms with Gasteiger partial charge in [0, 0.05) is 57.0 Å². The number of aromatic nitrogens is 2. The maximum atomic E-state index is 13.9. The number of fused-ring (bicyclic) bond motifs is 1. The third-order valence-corrected chi connectivity index (χ3v) is 6.54. The molecule has 1 saturated heterocycles. The predicted octanol–water partition coefficient (Wildman–Crippen LogP) is 5.06. The van der Waals surface area contributed by atoms with E-state index < -0.39 is 17.6 Å². The molecule has 9 nitrogen and oxygen atoms in total. The van der Waals surface area contributed by atoms with Gasteiger partial charge in [0.05, 0.1) is 5.56 Å². The van der Waals surface area contributed by atoms with Gasteiger partial charge in [-0.05, 0) is 52.7 Å². The molecular weight excluding hydrogens is 537 g/mol. The molecule has 2 amide bonds. The van der Waals surface area contributed by atoms with E-state index >= 15 is 0 Å². The molecule has 2 heterocycles. The van der Waals surface area contributed by atoms with Crippen LogP contribution in [0.2, 0.25) is 0 Å². The summed E-state index contributed by atoms with van der Waals surface area (Å²) in [7, 11) is 0. The molecule has 212 valence electrons. The van der Waals surface area contributed by atoms with Crippen molar-refractivity contribution in [1.82, 2.24) is 20.2 Å². The van der Waals surface area contributed by atoms with Gasteiger partial charge < -0.3 is 20.7 Å². The fourth-order valence-electron chi connectivity index (χ4n) is 4.65. The average molecular weight is 565 g/mol. The maximum absolute atomic E-state index is 13.9. The van der Waals surface area contributed by atoms with Crippen molar-refractivity contribution in [2.24, 2.45) is 0 Å². The molecule has 12 heteroatoms. The monoisotopic (exact) mass is 564 g/mol. The molecule has 0 spiro atoms. The van der Waals surface area contributed by atoms with E-state index in [2.05, 4.69) is 25.9 Å². The third kappa shape index (κ3) is 6.97. The number of alkyl halides is 3. The third-order valence-electron chi connectivity index (χ3n) is 6.54. The van der Waals surface area contributed by atoms with Gasteiger partial charge in [-0.3, -0.25) is 14.5 Å². The minimum Gasteiger partial charge on any atom is -0.439 e. The number of hydrogen-bond donors (Lipinski definition) is 3. The fraction of sp³-hybridized carbons (Fsp3) is 0.241. The molecule has 0 saturated carbocycles. The van der Waals surface area contributed by atoms with Crippen molar-refractivity contribution in [3.8, 4) is 11.6 Å². The fourth-order valence-corrected chi connectivity index (χ4v) is 4.65. The highest BCUT2D eigenvalue weighted by Gasteiger charge is 2.34. The molecule has 5 rings (SSSR count). The summed E-state index contributed by atoms with van der Waals surface area (Å²) < 4.78 is 47.6. The lowest BCUT2D eigenvalue weighted by Gasteiger charge is -2.28. The zero-order valence-electron chi connectivity index (χ0n) is 22.1. The van der Waals surface area contributed by atoms with E-state index in [-0.39, 0.29) is 35.4 Å². The van der Waals surface area contributed by atoms with Crippen molar-refractivity contribution in [1.29, 1.82) is 0 Å². The second-order valence-corrected chi connectivity index (χ2v) is 9.56. The van der Waals surface area contributed by atoms with Crippen molar-refractivity contribution in [3.63, 3.8) is 0 Å². The van der Waals surface area contributed by atoms with E-state index in [0.29, 0.717) is 35.2 Å². The molecule has 3 N–H and O–H groups in total. The van der Waals surface area contributed by atoms with Crippen molar-refractivity contribution in [2.45, 2.75) is 19.6 Å². The highest BCUT2D eigenvalue weighted by molar-refractivity contribution is 6.13. The van der Waals surface area contributed by atoms with Crippen LogP contribution in [-0.2, 0) is 17.5 Å². The number of anilines is 2. The summed E-state index contributed by atoms with van der Waals surface area (Å²) in [5.41, 5.74) is -0.243. The van der Waals surface area contributed by atoms with Crippen LogP contribution in [0.15, 0.2) is 67.0 Å². The summed E-state index contributed by atoms with van der Waals surface area (Å²) >= 11 is 0. The van der Waals surface area contributed by atoms with E-state index in [1.807, 2.05) is 4.90 Å². The lowest BCUT2D eigenvalue weighted by atomic mass is 10.0. The first kappa shape index (κ1) is 28.0. The van der Waals surface area contributed by atoms with E-state index in [0.717, 1.165) is 19.2 Å². The molecular formula is C29H27F3N6O3. The predicted molar refractivity (Wildman–Crippen MR) is 148 cm³/mol. The van der Waals surface area contributed by atoms with Gasteiger partial charge in [-0.2, -0.15) is 13.2 Å². The van der Waals surface area contributed by atoms with Gasteiger partial charge in [0.1, 0.15) is 17.9 Å². The summed E-state index contributed by atoms with van der Waals surface area (Å²) in [6, 6.07) is 15.5. The Kier molecular flexibility index (Phi) is 8.13. The molecule has 0 bridgehead atoms. The molecule has 0 aliphatic carbocycles. The van der Waals surface area contributed by atoms with E-state index in [1.165, 1.54) is 31.5 Å². The molecule has 0 unspecified atom stereocenters. The molecule has 1 aliphatic heterocycles. The number of rotatable bonds is 7. The van der Waals surface area contributed by atoms with Gasteiger partial charge in [0.2, 0.25) is 11.8 Å². The normalized spacial score (nSPS) is 14.0. The first-order valence-corrected chi connectivity index (χ1v) is 12.9. The second-order valence-electron chi connectivity index (χ2n) is 9.56. The molecule has 41 heavy (non-hydrogen) atoms. The van der Waals surface area contributed by atoms with Crippen LogP contribution in [0.3, 0.4) is 0 Å². The summed E-state index contributed by atoms with van der Waals surface area (Å²) in [4.78, 5) is 34.5. The summed E-state index contributed by atoms with van der Waals surface area (Å²) in [5.74, 6) is 0.0954. The number of amides is 2. The van der Waals surface area contributed by atoms with Crippen molar-refractivity contribution in [3.05, 3.63) is 83.7 Å². The van der Waals surface area contributed by atoms with Crippen LogP contribution in [-0.4, -0.2) is 52.9 Å². The SMILES string of the molecule is CC(=O)Nc1cc(Oc2ccc3c(C(=O)Nc4ccc(CN5CCNCC5)c(C(F)(F)F)c4)cccc3c2)ncn1. The largest absolute Gasteiger partial charge is 0.439 e. The van der Waals surface area contributed by atoms with Crippen LogP contribution in [0, 0.1) is 0 Å². The van der Waals surface area contributed by atoms with Crippen LogP contribution in [0.4, 0.5) is 24.7 Å². The van der Waals surface area contributed by atoms with Gasteiger partial charge in [-0.1, -0.05) is 18.2 Å². The zero-order valence-corrected chi connectivity index (χ0v) is 22.1. The highest BCUT2D eigenvalue weighted by Crippen LogP contribution is 2.35. The number of piperazine rings is 1. The Morgan fingerprint density at radius 1 is 1.00 bits per heavy atom. The van der Waals surface area contributed by atoms with Crippen molar-refractivity contribution >= 4 is 34.1 Å². The number of carbonyl (C=O) groups excluding carboxylic acids is 2. The number of hydrogen-bond acceptors (Lipinski definition) is 7. The Balaban J connectivity index is 1.35. The quantitative estimate of drug-likeness (QED) is 0.288. The van der Waals surface area contributed by atoms with Gasteiger partial charge >= 0.3 is 6.18 Å². The van der Waals surface area contributed by atoms with E-state index in [4.69, 9.17) is 4.74 Å².